The number of imidazole rings is 1. The fourth-order valence-electron chi connectivity index (χ4n) is 7.22. The fraction of sp³-hybridized carbons (Fsp3) is 0. The fourth-order valence-corrected chi connectivity index (χ4v) is 7.22. The monoisotopic (exact) mass is 730 g/mol. The predicted octanol–water partition coefficient (Wildman–Crippen LogP) is 12.3. The molecule has 0 aliphatic heterocycles. The summed E-state index contributed by atoms with van der Waals surface area (Å²) in [6.07, 6.45) is 1.81. The molecule has 0 N–H and O–H groups in total. The summed E-state index contributed by atoms with van der Waals surface area (Å²) in [5.41, 5.74) is 13.5. The molecule has 10 aromatic rings. The van der Waals surface area contributed by atoms with Crippen LogP contribution in [0.1, 0.15) is 0 Å². The number of hydrogen-bond donors (Lipinski definition) is 0. The summed E-state index contributed by atoms with van der Waals surface area (Å²) in [6, 6.07) is 68.8. The molecule has 7 aromatic carbocycles. The van der Waals surface area contributed by atoms with E-state index in [4.69, 9.17) is 19.9 Å². The summed E-state index contributed by atoms with van der Waals surface area (Å²) in [4.78, 5) is 24.4. The molecule has 0 saturated heterocycles. The van der Waals surface area contributed by atoms with Crippen LogP contribution >= 0.6 is 0 Å². The van der Waals surface area contributed by atoms with E-state index in [1.165, 1.54) is 5.56 Å². The highest BCUT2D eigenvalue weighted by atomic mass is 15.1. The molecule has 0 aliphatic rings. The van der Waals surface area contributed by atoms with Gasteiger partial charge in [0, 0.05) is 28.6 Å². The van der Waals surface area contributed by atoms with Gasteiger partial charge in [-0.3, -0.25) is 9.55 Å². The second-order valence-corrected chi connectivity index (χ2v) is 13.8. The number of benzene rings is 7. The Morgan fingerprint density at radius 1 is 0.298 bits per heavy atom. The van der Waals surface area contributed by atoms with Gasteiger partial charge in [-0.25, -0.2) is 19.9 Å². The van der Waals surface area contributed by atoms with Gasteiger partial charge in [0.25, 0.3) is 0 Å². The molecule has 3 heterocycles. The quantitative estimate of drug-likeness (QED) is 0.156. The number of nitrogens with zero attached hydrogens (tertiary/aromatic N) is 6. The van der Waals surface area contributed by atoms with Crippen molar-refractivity contribution in [3.8, 4) is 84.7 Å². The first-order valence-corrected chi connectivity index (χ1v) is 18.9. The molecule has 0 bridgehead atoms. The van der Waals surface area contributed by atoms with Crippen molar-refractivity contribution in [2.45, 2.75) is 0 Å². The van der Waals surface area contributed by atoms with Crippen LogP contribution in [0.3, 0.4) is 0 Å². The van der Waals surface area contributed by atoms with Gasteiger partial charge in [-0.05, 0) is 69.8 Å². The van der Waals surface area contributed by atoms with Crippen molar-refractivity contribution >= 4 is 11.0 Å². The van der Waals surface area contributed by atoms with Gasteiger partial charge in [-0.2, -0.15) is 0 Å². The second kappa shape index (κ2) is 14.8. The van der Waals surface area contributed by atoms with Crippen molar-refractivity contribution in [1.29, 1.82) is 0 Å². The van der Waals surface area contributed by atoms with E-state index in [2.05, 4.69) is 137 Å². The zero-order valence-corrected chi connectivity index (χ0v) is 30.8. The first-order chi connectivity index (χ1) is 28.2. The summed E-state index contributed by atoms with van der Waals surface area (Å²) in [5, 5.41) is 0. The normalized spacial score (nSPS) is 11.2. The maximum Gasteiger partial charge on any atom is 0.164 e. The van der Waals surface area contributed by atoms with Gasteiger partial charge in [0.1, 0.15) is 5.69 Å². The van der Waals surface area contributed by atoms with Crippen molar-refractivity contribution in [3.05, 3.63) is 206 Å². The molecule has 0 spiro atoms. The Hall–Kier alpha value is -7.83. The van der Waals surface area contributed by atoms with Crippen LogP contribution in [0.15, 0.2) is 206 Å². The van der Waals surface area contributed by atoms with E-state index < -0.39 is 0 Å². The average molecular weight is 731 g/mol. The second-order valence-electron chi connectivity index (χ2n) is 13.8. The number of aromatic nitrogens is 6. The minimum absolute atomic E-state index is 0.632. The molecule has 10 rings (SSSR count). The van der Waals surface area contributed by atoms with Crippen molar-refractivity contribution in [1.82, 2.24) is 29.5 Å². The van der Waals surface area contributed by atoms with E-state index in [0.29, 0.717) is 17.5 Å². The summed E-state index contributed by atoms with van der Waals surface area (Å²) in [6.45, 7) is 0. The molecule has 0 radical (unpaired) electrons. The summed E-state index contributed by atoms with van der Waals surface area (Å²) >= 11 is 0. The number of pyridine rings is 1. The Bertz CT molecular complexity index is 2940. The van der Waals surface area contributed by atoms with E-state index >= 15 is 0 Å². The van der Waals surface area contributed by atoms with Gasteiger partial charge in [0.2, 0.25) is 0 Å². The Balaban J connectivity index is 0.915. The highest BCUT2D eigenvalue weighted by Gasteiger charge is 2.16. The number of rotatable bonds is 8. The lowest BCUT2D eigenvalue weighted by Crippen LogP contribution is -2.00. The van der Waals surface area contributed by atoms with Crippen molar-refractivity contribution < 1.29 is 0 Å². The van der Waals surface area contributed by atoms with Crippen LogP contribution in [-0.2, 0) is 0 Å². The molecule has 0 saturated carbocycles. The predicted molar refractivity (Wildman–Crippen MR) is 230 cm³/mol. The third-order valence-corrected chi connectivity index (χ3v) is 10.2. The SMILES string of the molecule is c1ccc(-c2ccc(-c3nc(-c4ccccc4)nc(-c4ccc(-c5ccc(-c6ccc(-n7c(-c8ccccn8)nc8ccccc87)cc6)cc5)cc4)n3)cc2)cc1. The van der Waals surface area contributed by atoms with E-state index in [1.54, 1.807) is 6.20 Å². The number of fused-ring (bicyclic) bond motifs is 1. The molecule has 57 heavy (non-hydrogen) atoms. The lowest BCUT2D eigenvalue weighted by Gasteiger charge is -2.11. The standard InChI is InChI=1S/C51H34N6/c1-3-11-35(12-4-1)36-22-26-42(27-23-36)49-54-48(41-13-5-2-6-14-41)55-50(56-49)43-28-24-39(25-29-43)37-18-20-38(21-19-37)40-30-32-44(33-31-40)57-47-17-8-7-15-45(47)53-51(57)46-16-9-10-34-52-46/h1-34H. The van der Waals surface area contributed by atoms with E-state index in [9.17, 15) is 0 Å². The van der Waals surface area contributed by atoms with E-state index in [1.807, 2.05) is 72.8 Å². The van der Waals surface area contributed by atoms with Gasteiger partial charge in [-0.15, -0.1) is 0 Å². The summed E-state index contributed by atoms with van der Waals surface area (Å²) < 4.78 is 2.18. The van der Waals surface area contributed by atoms with Gasteiger partial charge >= 0.3 is 0 Å². The smallest absolute Gasteiger partial charge is 0.164 e. The van der Waals surface area contributed by atoms with Crippen molar-refractivity contribution in [2.24, 2.45) is 0 Å². The Labute approximate surface area is 330 Å². The Morgan fingerprint density at radius 2 is 0.684 bits per heavy atom. The Kier molecular flexibility index (Phi) is 8.74. The summed E-state index contributed by atoms with van der Waals surface area (Å²) in [5.74, 6) is 2.73. The van der Waals surface area contributed by atoms with Gasteiger partial charge in [0.15, 0.2) is 23.3 Å². The maximum absolute atomic E-state index is 4.98. The van der Waals surface area contributed by atoms with Crippen LogP contribution in [0.2, 0.25) is 0 Å². The highest BCUT2D eigenvalue weighted by Crippen LogP contribution is 2.32. The van der Waals surface area contributed by atoms with Gasteiger partial charge < -0.3 is 0 Å². The van der Waals surface area contributed by atoms with Gasteiger partial charge in [-0.1, -0.05) is 164 Å². The molecule has 6 nitrogen and oxygen atoms in total. The van der Waals surface area contributed by atoms with Crippen LogP contribution in [0.25, 0.3) is 95.8 Å². The van der Waals surface area contributed by atoms with Crippen LogP contribution in [0.4, 0.5) is 0 Å². The third-order valence-electron chi connectivity index (χ3n) is 10.2. The van der Waals surface area contributed by atoms with Crippen LogP contribution < -0.4 is 0 Å². The molecule has 0 atom stereocenters. The minimum Gasteiger partial charge on any atom is -0.291 e. The Morgan fingerprint density at radius 3 is 1.18 bits per heavy atom. The van der Waals surface area contributed by atoms with Crippen LogP contribution in [0.5, 0.6) is 0 Å². The molecule has 3 aromatic heterocycles. The minimum atomic E-state index is 0.632. The van der Waals surface area contributed by atoms with Crippen LogP contribution in [0, 0.1) is 0 Å². The lowest BCUT2D eigenvalue weighted by molar-refractivity contribution is 1.07. The topological polar surface area (TPSA) is 69.4 Å². The molecule has 0 amide bonds. The average Bonchev–Trinajstić information content (AvgIpc) is 3.70. The molecule has 0 unspecified atom stereocenters. The highest BCUT2D eigenvalue weighted by molar-refractivity contribution is 5.83. The molecule has 268 valence electrons. The van der Waals surface area contributed by atoms with Crippen molar-refractivity contribution in [3.63, 3.8) is 0 Å². The zero-order valence-electron chi connectivity index (χ0n) is 30.8. The first kappa shape index (κ1) is 33.7. The zero-order chi connectivity index (χ0) is 38.0. The summed E-state index contributed by atoms with van der Waals surface area (Å²) in [7, 11) is 0. The van der Waals surface area contributed by atoms with E-state index in [0.717, 1.165) is 72.7 Å². The maximum atomic E-state index is 4.98. The molecular formula is C51H34N6. The van der Waals surface area contributed by atoms with Crippen LogP contribution in [-0.4, -0.2) is 29.5 Å². The first-order valence-electron chi connectivity index (χ1n) is 18.9. The van der Waals surface area contributed by atoms with Crippen molar-refractivity contribution in [2.75, 3.05) is 0 Å². The molecule has 0 fully saturated rings. The largest absolute Gasteiger partial charge is 0.291 e. The number of hydrogen-bond acceptors (Lipinski definition) is 5. The lowest BCUT2D eigenvalue weighted by atomic mass is 9.99. The molecular weight excluding hydrogens is 697 g/mol. The van der Waals surface area contributed by atoms with E-state index in [-0.39, 0.29) is 0 Å². The third kappa shape index (κ3) is 6.77. The molecule has 6 heteroatoms. The van der Waals surface area contributed by atoms with Gasteiger partial charge in [0.05, 0.1) is 11.0 Å². The molecule has 0 aliphatic carbocycles. The number of para-hydroxylation sites is 2.